The van der Waals surface area contributed by atoms with Crippen molar-refractivity contribution in [3.63, 3.8) is 0 Å². The SMILES string of the molecule is ICCC[n+]1c2ccccc2cc2ccccc21. The molecule has 0 spiro atoms. The average molecular weight is 348 g/mol. The largest absolute Gasteiger partial charge is 0.212 e. The molecule has 0 unspecified atom stereocenters. The highest BCUT2D eigenvalue weighted by atomic mass is 127. The van der Waals surface area contributed by atoms with Gasteiger partial charge in [0, 0.05) is 33.8 Å². The van der Waals surface area contributed by atoms with Crippen molar-refractivity contribution < 1.29 is 4.57 Å². The Balaban J connectivity index is 2.34. The van der Waals surface area contributed by atoms with Gasteiger partial charge in [0.05, 0.1) is 0 Å². The van der Waals surface area contributed by atoms with E-state index in [-0.39, 0.29) is 0 Å². The van der Waals surface area contributed by atoms with Crippen molar-refractivity contribution in [2.24, 2.45) is 0 Å². The average Bonchev–Trinajstić information content (AvgIpc) is 2.43. The molecule has 3 aromatic rings. The third-order valence-corrected chi connectivity index (χ3v) is 4.04. The van der Waals surface area contributed by atoms with E-state index in [0.29, 0.717) is 0 Å². The van der Waals surface area contributed by atoms with Crippen molar-refractivity contribution in [1.29, 1.82) is 0 Å². The van der Waals surface area contributed by atoms with E-state index in [2.05, 4.69) is 81.8 Å². The molecular weight excluding hydrogens is 333 g/mol. The lowest BCUT2D eigenvalue weighted by Crippen LogP contribution is -2.35. The Bertz CT molecular complexity index is 637. The summed E-state index contributed by atoms with van der Waals surface area (Å²) in [5.74, 6) is 0. The van der Waals surface area contributed by atoms with Crippen LogP contribution in [0, 0.1) is 0 Å². The smallest absolute Gasteiger partial charge is 0.191 e. The van der Waals surface area contributed by atoms with Crippen molar-refractivity contribution in [3.05, 3.63) is 54.6 Å². The topological polar surface area (TPSA) is 3.88 Å². The van der Waals surface area contributed by atoms with E-state index in [9.17, 15) is 0 Å². The van der Waals surface area contributed by atoms with Gasteiger partial charge in [-0.1, -0.05) is 46.9 Å². The van der Waals surface area contributed by atoms with Crippen LogP contribution in [0.25, 0.3) is 21.8 Å². The second kappa shape index (κ2) is 5.22. The number of hydrogen-bond donors (Lipinski definition) is 0. The molecule has 18 heavy (non-hydrogen) atoms. The quantitative estimate of drug-likeness (QED) is 0.290. The normalized spacial score (nSPS) is 11.2. The summed E-state index contributed by atoms with van der Waals surface area (Å²) in [6.45, 7) is 1.09. The maximum absolute atomic E-state index is 2.45. The van der Waals surface area contributed by atoms with Crippen LogP contribution in [0.4, 0.5) is 0 Å². The summed E-state index contributed by atoms with van der Waals surface area (Å²) < 4.78 is 3.64. The van der Waals surface area contributed by atoms with Crippen LogP contribution < -0.4 is 4.57 Å². The maximum Gasteiger partial charge on any atom is 0.212 e. The lowest BCUT2D eigenvalue weighted by atomic mass is 10.1. The first-order chi connectivity index (χ1) is 8.90. The van der Waals surface area contributed by atoms with Crippen LogP contribution in [0.15, 0.2) is 54.6 Å². The second-order valence-corrected chi connectivity index (χ2v) is 5.53. The lowest BCUT2D eigenvalue weighted by molar-refractivity contribution is -0.645. The van der Waals surface area contributed by atoms with Crippen molar-refractivity contribution in [2.75, 3.05) is 4.43 Å². The van der Waals surface area contributed by atoms with Crippen LogP contribution >= 0.6 is 22.6 Å². The summed E-state index contributed by atoms with van der Waals surface area (Å²) in [6, 6.07) is 19.6. The first-order valence-electron chi connectivity index (χ1n) is 6.26. The minimum atomic E-state index is 1.09. The lowest BCUT2D eigenvalue weighted by Gasteiger charge is -2.05. The maximum atomic E-state index is 2.45. The number of fused-ring (bicyclic) bond motifs is 2. The summed E-state index contributed by atoms with van der Waals surface area (Å²) in [6.07, 6.45) is 1.21. The van der Waals surface area contributed by atoms with Crippen molar-refractivity contribution in [2.45, 2.75) is 13.0 Å². The van der Waals surface area contributed by atoms with E-state index < -0.39 is 0 Å². The molecule has 2 heteroatoms. The second-order valence-electron chi connectivity index (χ2n) is 4.46. The Kier molecular flexibility index (Phi) is 3.46. The molecule has 0 saturated heterocycles. The van der Waals surface area contributed by atoms with Gasteiger partial charge in [0.1, 0.15) is 6.54 Å². The molecule has 0 saturated carbocycles. The van der Waals surface area contributed by atoms with E-state index in [4.69, 9.17) is 0 Å². The van der Waals surface area contributed by atoms with Crippen molar-refractivity contribution in [1.82, 2.24) is 0 Å². The van der Waals surface area contributed by atoms with Crippen LogP contribution in [0.1, 0.15) is 6.42 Å². The van der Waals surface area contributed by atoms with Gasteiger partial charge in [-0.25, -0.2) is 0 Å². The van der Waals surface area contributed by atoms with Gasteiger partial charge in [-0.15, -0.1) is 0 Å². The fourth-order valence-corrected chi connectivity index (χ4v) is 2.81. The molecule has 3 rings (SSSR count). The molecule has 0 radical (unpaired) electrons. The summed E-state index contributed by atoms with van der Waals surface area (Å²) in [4.78, 5) is 0. The molecule has 1 aromatic heterocycles. The van der Waals surface area contributed by atoms with Gasteiger partial charge in [0.25, 0.3) is 0 Å². The Labute approximate surface area is 121 Å². The number of pyridine rings is 1. The zero-order valence-electron chi connectivity index (χ0n) is 10.1. The van der Waals surface area contributed by atoms with E-state index in [1.807, 2.05) is 0 Å². The number of halogens is 1. The molecule has 0 fully saturated rings. The Hall–Kier alpha value is -1.16. The van der Waals surface area contributed by atoms with Gasteiger partial charge >= 0.3 is 0 Å². The van der Waals surface area contributed by atoms with E-state index >= 15 is 0 Å². The fraction of sp³-hybridized carbons (Fsp3) is 0.188. The number of alkyl halides is 1. The van der Waals surface area contributed by atoms with Gasteiger partial charge in [-0.05, 0) is 18.2 Å². The number of hydrogen-bond acceptors (Lipinski definition) is 0. The Morgan fingerprint density at radius 1 is 0.833 bits per heavy atom. The summed E-state index contributed by atoms with van der Waals surface area (Å²) in [5, 5.41) is 2.65. The minimum Gasteiger partial charge on any atom is -0.191 e. The van der Waals surface area contributed by atoms with Gasteiger partial charge in [0.2, 0.25) is 11.0 Å². The van der Waals surface area contributed by atoms with Gasteiger partial charge < -0.3 is 0 Å². The summed E-state index contributed by atoms with van der Waals surface area (Å²) >= 11 is 2.45. The molecular formula is C16H15IN+. The first kappa shape index (κ1) is 11.9. The highest BCUT2D eigenvalue weighted by Gasteiger charge is 2.13. The van der Waals surface area contributed by atoms with Crippen LogP contribution in [-0.2, 0) is 6.54 Å². The Morgan fingerprint density at radius 3 is 1.94 bits per heavy atom. The molecule has 2 aromatic carbocycles. The number of nitrogens with zero attached hydrogens (tertiary/aromatic N) is 1. The number of para-hydroxylation sites is 2. The van der Waals surface area contributed by atoms with Crippen LogP contribution in [-0.4, -0.2) is 4.43 Å². The summed E-state index contributed by atoms with van der Waals surface area (Å²) in [7, 11) is 0. The molecule has 0 aliphatic heterocycles. The van der Waals surface area contributed by atoms with Gasteiger partial charge in [-0.2, -0.15) is 4.57 Å². The monoisotopic (exact) mass is 348 g/mol. The van der Waals surface area contributed by atoms with Crippen molar-refractivity contribution >= 4 is 44.4 Å². The van der Waals surface area contributed by atoms with Crippen LogP contribution in [0.2, 0.25) is 0 Å². The van der Waals surface area contributed by atoms with E-state index in [1.165, 1.54) is 32.7 Å². The zero-order valence-corrected chi connectivity index (χ0v) is 12.3. The highest BCUT2D eigenvalue weighted by Crippen LogP contribution is 2.18. The van der Waals surface area contributed by atoms with Gasteiger partial charge in [-0.3, -0.25) is 0 Å². The molecule has 0 aliphatic carbocycles. The molecule has 0 N–H and O–H groups in total. The molecule has 0 bridgehead atoms. The van der Waals surface area contributed by atoms with Gasteiger partial charge in [0.15, 0.2) is 0 Å². The van der Waals surface area contributed by atoms with E-state index in [0.717, 1.165) is 6.54 Å². The third-order valence-electron chi connectivity index (χ3n) is 3.28. The zero-order chi connectivity index (χ0) is 12.4. The number of aromatic nitrogens is 1. The number of aryl methyl sites for hydroxylation is 1. The first-order valence-corrected chi connectivity index (χ1v) is 7.79. The number of benzene rings is 2. The summed E-state index contributed by atoms with van der Waals surface area (Å²) in [5.41, 5.74) is 2.67. The molecule has 0 aliphatic rings. The van der Waals surface area contributed by atoms with Crippen LogP contribution in [0.5, 0.6) is 0 Å². The van der Waals surface area contributed by atoms with Crippen LogP contribution in [0.3, 0.4) is 0 Å². The fourth-order valence-electron chi connectivity index (χ4n) is 2.47. The number of rotatable bonds is 3. The predicted octanol–water partition coefficient (Wildman–Crippen LogP) is 4.11. The molecule has 1 nitrogen and oxygen atoms in total. The Morgan fingerprint density at radius 2 is 1.39 bits per heavy atom. The molecule has 1 heterocycles. The van der Waals surface area contributed by atoms with Crippen molar-refractivity contribution in [3.8, 4) is 0 Å². The third kappa shape index (κ3) is 2.09. The minimum absolute atomic E-state index is 1.09. The van der Waals surface area contributed by atoms with E-state index in [1.54, 1.807) is 0 Å². The molecule has 0 amide bonds. The predicted molar refractivity (Wildman–Crippen MR) is 85.2 cm³/mol. The molecule has 90 valence electrons. The molecule has 0 atom stereocenters. The highest BCUT2D eigenvalue weighted by molar-refractivity contribution is 14.1. The standard InChI is InChI=1S/C16H15IN/c17-10-5-11-18-15-8-3-1-6-13(15)12-14-7-2-4-9-16(14)18/h1-4,6-9,12H,5,10-11H2/q+1.